The van der Waals surface area contributed by atoms with Crippen molar-refractivity contribution in [3.05, 3.63) is 39.8 Å². The van der Waals surface area contributed by atoms with Gasteiger partial charge in [-0.05, 0) is 32.4 Å². The van der Waals surface area contributed by atoms with E-state index in [0.717, 1.165) is 18.7 Å². The molecule has 2 aromatic heterocycles. The molecule has 0 radical (unpaired) electrons. The maximum atomic E-state index is 12.4. The Morgan fingerprint density at radius 3 is 2.63 bits per heavy atom. The van der Waals surface area contributed by atoms with Gasteiger partial charge in [0.05, 0.1) is 12.2 Å². The van der Waals surface area contributed by atoms with E-state index in [-0.39, 0.29) is 12.2 Å². The van der Waals surface area contributed by atoms with Crippen molar-refractivity contribution < 1.29 is 5.11 Å². The van der Waals surface area contributed by atoms with E-state index >= 15 is 0 Å². The van der Waals surface area contributed by atoms with E-state index in [9.17, 15) is 9.90 Å². The van der Waals surface area contributed by atoms with E-state index in [0.29, 0.717) is 17.0 Å². The lowest BCUT2D eigenvalue weighted by atomic mass is 10.2. The standard InChI is InChI=1S/C14H19N3O2/c1-4-16(5-2)13-11(9-18)14(19)17-8-6-7-10(3)12(17)15-13/h6-8,18H,4-5,9H2,1-3H3. The van der Waals surface area contributed by atoms with E-state index < -0.39 is 0 Å². The highest BCUT2D eigenvalue weighted by atomic mass is 16.3. The lowest BCUT2D eigenvalue weighted by Crippen LogP contribution is -2.30. The second-order valence-electron chi connectivity index (χ2n) is 4.43. The van der Waals surface area contributed by atoms with Crippen LogP contribution in [-0.4, -0.2) is 27.6 Å². The van der Waals surface area contributed by atoms with E-state index in [1.165, 1.54) is 4.40 Å². The summed E-state index contributed by atoms with van der Waals surface area (Å²) in [4.78, 5) is 19.0. The summed E-state index contributed by atoms with van der Waals surface area (Å²) in [5.74, 6) is 0.590. The highest BCUT2D eigenvalue weighted by Crippen LogP contribution is 2.17. The third-order valence-corrected chi connectivity index (χ3v) is 3.34. The number of aliphatic hydroxyl groups is 1. The Bertz CT molecular complexity index is 645. The van der Waals surface area contributed by atoms with Crippen LogP contribution in [0.15, 0.2) is 23.1 Å². The van der Waals surface area contributed by atoms with Crippen molar-refractivity contribution in [2.45, 2.75) is 27.4 Å². The molecule has 0 amide bonds. The van der Waals surface area contributed by atoms with E-state index in [1.807, 2.05) is 37.8 Å². The van der Waals surface area contributed by atoms with Gasteiger partial charge >= 0.3 is 0 Å². The Kier molecular flexibility index (Phi) is 3.85. The normalized spacial score (nSPS) is 10.9. The molecule has 2 aromatic rings. The zero-order chi connectivity index (χ0) is 14.0. The van der Waals surface area contributed by atoms with Crippen LogP contribution < -0.4 is 10.5 Å². The quantitative estimate of drug-likeness (QED) is 0.902. The minimum Gasteiger partial charge on any atom is -0.391 e. The maximum Gasteiger partial charge on any atom is 0.265 e. The molecule has 0 saturated carbocycles. The second kappa shape index (κ2) is 5.40. The summed E-state index contributed by atoms with van der Waals surface area (Å²) >= 11 is 0. The summed E-state index contributed by atoms with van der Waals surface area (Å²) in [6.07, 6.45) is 1.68. The van der Waals surface area contributed by atoms with Crippen molar-refractivity contribution in [2.75, 3.05) is 18.0 Å². The molecule has 0 fully saturated rings. The zero-order valence-electron chi connectivity index (χ0n) is 11.6. The van der Waals surface area contributed by atoms with Crippen LogP contribution in [0, 0.1) is 6.92 Å². The SMILES string of the molecule is CCN(CC)c1nc2c(C)cccn2c(=O)c1CO. The number of aromatic nitrogens is 2. The number of pyridine rings is 1. The fourth-order valence-electron chi connectivity index (χ4n) is 2.25. The third-order valence-electron chi connectivity index (χ3n) is 3.34. The average Bonchev–Trinajstić information content (AvgIpc) is 2.42. The summed E-state index contributed by atoms with van der Waals surface area (Å²) in [5, 5.41) is 9.49. The van der Waals surface area contributed by atoms with Crippen LogP contribution >= 0.6 is 0 Å². The minimum absolute atomic E-state index is 0.196. The fourth-order valence-corrected chi connectivity index (χ4v) is 2.25. The Balaban J connectivity index is 2.83. The number of rotatable bonds is 4. The number of hydrogen-bond donors (Lipinski definition) is 1. The molecule has 0 aliphatic heterocycles. The van der Waals surface area contributed by atoms with Gasteiger partial charge in [-0.1, -0.05) is 6.07 Å². The fraction of sp³-hybridized carbons (Fsp3) is 0.429. The highest BCUT2D eigenvalue weighted by molar-refractivity contribution is 5.56. The van der Waals surface area contributed by atoms with Crippen LogP contribution in [0.1, 0.15) is 25.0 Å². The van der Waals surface area contributed by atoms with Gasteiger partial charge in [-0.15, -0.1) is 0 Å². The molecule has 5 heteroatoms. The first-order chi connectivity index (χ1) is 9.13. The van der Waals surface area contributed by atoms with Gasteiger partial charge in [0, 0.05) is 19.3 Å². The molecule has 5 nitrogen and oxygen atoms in total. The first-order valence-electron chi connectivity index (χ1n) is 6.50. The van der Waals surface area contributed by atoms with E-state index in [4.69, 9.17) is 0 Å². The molecule has 1 N–H and O–H groups in total. The smallest absolute Gasteiger partial charge is 0.265 e. The van der Waals surface area contributed by atoms with Crippen molar-refractivity contribution in [2.24, 2.45) is 0 Å². The van der Waals surface area contributed by atoms with Gasteiger partial charge in [-0.25, -0.2) is 4.98 Å². The Labute approximate surface area is 112 Å². The lowest BCUT2D eigenvalue weighted by molar-refractivity contribution is 0.279. The highest BCUT2D eigenvalue weighted by Gasteiger charge is 2.16. The molecule has 0 unspecified atom stereocenters. The van der Waals surface area contributed by atoms with Gasteiger partial charge in [0.2, 0.25) is 0 Å². The molecule has 0 bridgehead atoms. The molecule has 0 aliphatic rings. The van der Waals surface area contributed by atoms with Crippen molar-refractivity contribution in [3.8, 4) is 0 Å². The largest absolute Gasteiger partial charge is 0.391 e. The Morgan fingerprint density at radius 2 is 2.05 bits per heavy atom. The van der Waals surface area contributed by atoms with Crippen LogP contribution in [0.2, 0.25) is 0 Å². The number of aryl methyl sites for hydroxylation is 1. The molecule has 0 aromatic carbocycles. The molecule has 0 atom stereocenters. The molecule has 2 heterocycles. The summed E-state index contributed by atoms with van der Waals surface area (Å²) in [7, 11) is 0. The predicted molar refractivity (Wildman–Crippen MR) is 75.7 cm³/mol. The molecule has 102 valence electrons. The molecule has 2 rings (SSSR count). The number of hydrogen-bond acceptors (Lipinski definition) is 4. The Hall–Kier alpha value is -1.88. The average molecular weight is 261 g/mol. The van der Waals surface area contributed by atoms with Crippen LogP contribution in [0.5, 0.6) is 0 Å². The van der Waals surface area contributed by atoms with E-state index in [2.05, 4.69) is 4.98 Å². The first kappa shape index (κ1) is 13.5. The molecule has 0 spiro atoms. The molecule has 19 heavy (non-hydrogen) atoms. The topological polar surface area (TPSA) is 57.8 Å². The summed E-state index contributed by atoms with van der Waals surface area (Å²) in [5.41, 5.74) is 1.74. The first-order valence-corrected chi connectivity index (χ1v) is 6.50. The minimum atomic E-state index is -0.297. The predicted octanol–water partition coefficient (Wildman–Crippen LogP) is 1.34. The summed E-state index contributed by atoms with van der Waals surface area (Å²) in [6.45, 7) is 7.13. The van der Waals surface area contributed by atoms with Gasteiger partial charge in [0.15, 0.2) is 0 Å². The summed E-state index contributed by atoms with van der Waals surface area (Å²) < 4.78 is 1.49. The maximum absolute atomic E-state index is 12.4. The number of anilines is 1. The Morgan fingerprint density at radius 1 is 1.37 bits per heavy atom. The second-order valence-corrected chi connectivity index (χ2v) is 4.43. The molecule has 0 aliphatic carbocycles. The van der Waals surface area contributed by atoms with Gasteiger partial charge in [0.25, 0.3) is 5.56 Å². The van der Waals surface area contributed by atoms with Gasteiger partial charge in [0.1, 0.15) is 11.5 Å². The van der Waals surface area contributed by atoms with Crippen molar-refractivity contribution in [3.63, 3.8) is 0 Å². The van der Waals surface area contributed by atoms with Crippen LogP contribution in [-0.2, 0) is 6.61 Å². The van der Waals surface area contributed by atoms with Crippen molar-refractivity contribution in [1.82, 2.24) is 9.38 Å². The van der Waals surface area contributed by atoms with Gasteiger partial charge in [-0.2, -0.15) is 0 Å². The summed E-state index contributed by atoms with van der Waals surface area (Å²) in [6, 6.07) is 3.73. The molecular weight excluding hydrogens is 242 g/mol. The van der Waals surface area contributed by atoms with Crippen LogP contribution in [0.4, 0.5) is 5.82 Å². The molecular formula is C14H19N3O2. The zero-order valence-corrected chi connectivity index (χ0v) is 11.6. The van der Waals surface area contributed by atoms with Gasteiger partial charge in [-0.3, -0.25) is 9.20 Å². The monoisotopic (exact) mass is 261 g/mol. The number of nitrogens with zero attached hydrogens (tertiary/aromatic N) is 3. The van der Waals surface area contributed by atoms with Crippen LogP contribution in [0.3, 0.4) is 0 Å². The van der Waals surface area contributed by atoms with Gasteiger partial charge < -0.3 is 10.0 Å². The van der Waals surface area contributed by atoms with E-state index in [1.54, 1.807) is 6.20 Å². The van der Waals surface area contributed by atoms with Crippen LogP contribution in [0.25, 0.3) is 5.65 Å². The van der Waals surface area contributed by atoms with Crippen molar-refractivity contribution >= 4 is 11.5 Å². The van der Waals surface area contributed by atoms with Crippen molar-refractivity contribution in [1.29, 1.82) is 0 Å². The number of aliphatic hydroxyl groups excluding tert-OH is 1. The lowest BCUT2D eigenvalue weighted by Gasteiger charge is -2.22. The molecule has 0 saturated heterocycles. The third kappa shape index (κ3) is 2.21. The number of fused-ring (bicyclic) bond motifs is 1.